The molecule has 0 aliphatic rings. The van der Waals surface area contributed by atoms with E-state index in [-0.39, 0.29) is 25.7 Å². The maximum absolute atomic E-state index is 13.1. The predicted octanol–water partition coefficient (Wildman–Crippen LogP) is 21.6. The van der Waals surface area contributed by atoms with Crippen LogP contribution in [0.4, 0.5) is 0 Å². The molecule has 0 aromatic carbocycles. The van der Waals surface area contributed by atoms with Crippen LogP contribution in [0, 0.1) is 11.8 Å². The summed E-state index contributed by atoms with van der Waals surface area (Å²) in [6, 6.07) is 0. The fraction of sp³-hybridized carbons (Fsp3) is 0.946. The van der Waals surface area contributed by atoms with Gasteiger partial charge in [-0.2, -0.15) is 0 Å². The number of phosphoric acid groups is 2. The molecular weight excluding hydrogens is 1220 g/mol. The highest BCUT2D eigenvalue weighted by molar-refractivity contribution is 7.47. The van der Waals surface area contributed by atoms with Crippen LogP contribution in [0.25, 0.3) is 0 Å². The van der Waals surface area contributed by atoms with Crippen LogP contribution in [0.2, 0.25) is 0 Å². The highest BCUT2D eigenvalue weighted by Crippen LogP contribution is 2.45. The summed E-state index contributed by atoms with van der Waals surface area (Å²) in [5.41, 5.74) is 0. The minimum absolute atomic E-state index is 0.103. The summed E-state index contributed by atoms with van der Waals surface area (Å²) in [6.07, 6.45) is 52.7. The van der Waals surface area contributed by atoms with E-state index in [1.165, 1.54) is 199 Å². The van der Waals surface area contributed by atoms with Gasteiger partial charge in [-0.1, -0.05) is 330 Å². The van der Waals surface area contributed by atoms with Gasteiger partial charge >= 0.3 is 39.5 Å². The van der Waals surface area contributed by atoms with Gasteiger partial charge in [0.25, 0.3) is 0 Å². The third kappa shape index (κ3) is 67.0. The van der Waals surface area contributed by atoms with Gasteiger partial charge in [0.1, 0.15) is 19.3 Å². The lowest BCUT2D eigenvalue weighted by Gasteiger charge is -2.21. The molecule has 0 aromatic rings. The van der Waals surface area contributed by atoms with Crippen molar-refractivity contribution in [2.75, 3.05) is 39.6 Å². The first kappa shape index (κ1) is 91.1. The van der Waals surface area contributed by atoms with E-state index in [4.69, 9.17) is 37.0 Å². The lowest BCUT2D eigenvalue weighted by Crippen LogP contribution is -2.30. The van der Waals surface area contributed by atoms with E-state index in [9.17, 15) is 43.2 Å². The number of rotatable bonds is 73. The van der Waals surface area contributed by atoms with Gasteiger partial charge in [-0.25, -0.2) is 9.13 Å². The Morgan fingerprint density at radius 1 is 0.312 bits per heavy atom. The molecule has 6 atom stereocenters. The van der Waals surface area contributed by atoms with Crippen molar-refractivity contribution < 1.29 is 80.2 Å². The van der Waals surface area contributed by atoms with Gasteiger partial charge in [-0.15, -0.1) is 0 Å². The monoisotopic (exact) mass is 1370 g/mol. The normalized spacial score (nSPS) is 14.3. The van der Waals surface area contributed by atoms with E-state index < -0.39 is 97.5 Å². The van der Waals surface area contributed by atoms with Crippen molar-refractivity contribution in [2.24, 2.45) is 11.8 Å². The van der Waals surface area contributed by atoms with Crippen LogP contribution in [-0.4, -0.2) is 96.7 Å². The number of carbonyl (C=O) groups excluding carboxylic acids is 4. The SMILES string of the molecule is CCCCCCCCCCCCCCCCC(=O)OC[C@H](COP(=O)(O)OC[C@@H](O)COP(=O)(O)OC[C@@H](COC(=O)CCCCCCCCCCCC)OC(=O)CCCCCCCCC(C)CC)OC(=O)CCCCCCCCCCCCCCCCCCC(C)C. The van der Waals surface area contributed by atoms with Crippen LogP contribution >= 0.6 is 15.6 Å². The van der Waals surface area contributed by atoms with Crippen molar-refractivity contribution in [3.05, 3.63) is 0 Å². The van der Waals surface area contributed by atoms with Gasteiger partial charge in [0.05, 0.1) is 26.4 Å². The molecule has 17 nitrogen and oxygen atoms in total. The van der Waals surface area contributed by atoms with Crippen molar-refractivity contribution >= 4 is 39.5 Å². The Morgan fingerprint density at radius 2 is 0.548 bits per heavy atom. The number of esters is 4. The van der Waals surface area contributed by atoms with Crippen LogP contribution in [-0.2, 0) is 65.4 Å². The Kier molecular flexibility index (Phi) is 64.6. The molecule has 0 saturated carbocycles. The number of carbonyl (C=O) groups is 4. The van der Waals surface area contributed by atoms with E-state index in [2.05, 4.69) is 41.5 Å². The number of ether oxygens (including phenoxy) is 4. The van der Waals surface area contributed by atoms with Crippen LogP contribution in [0.1, 0.15) is 382 Å². The predicted molar refractivity (Wildman–Crippen MR) is 377 cm³/mol. The molecule has 3 unspecified atom stereocenters. The largest absolute Gasteiger partial charge is 0.472 e. The number of aliphatic hydroxyl groups excluding tert-OH is 1. The summed E-state index contributed by atoms with van der Waals surface area (Å²) in [4.78, 5) is 72.7. The second kappa shape index (κ2) is 66.0. The maximum atomic E-state index is 13.1. The van der Waals surface area contributed by atoms with E-state index in [0.717, 1.165) is 102 Å². The second-order valence-corrected chi connectivity index (χ2v) is 30.3. The summed E-state index contributed by atoms with van der Waals surface area (Å²) in [6.45, 7) is 9.56. The number of hydrogen-bond acceptors (Lipinski definition) is 15. The summed E-state index contributed by atoms with van der Waals surface area (Å²) in [5, 5.41) is 10.6. The fourth-order valence-corrected chi connectivity index (χ4v) is 12.8. The molecule has 0 saturated heterocycles. The fourth-order valence-electron chi connectivity index (χ4n) is 11.3. The number of aliphatic hydroxyl groups is 1. The Morgan fingerprint density at radius 3 is 0.817 bits per heavy atom. The first-order valence-electron chi connectivity index (χ1n) is 38.5. The zero-order valence-corrected chi connectivity index (χ0v) is 62.3. The molecule has 93 heavy (non-hydrogen) atoms. The van der Waals surface area contributed by atoms with E-state index in [1.807, 2.05) is 0 Å². The summed E-state index contributed by atoms with van der Waals surface area (Å²) < 4.78 is 68.4. The van der Waals surface area contributed by atoms with Crippen LogP contribution in [0.3, 0.4) is 0 Å². The lowest BCUT2D eigenvalue weighted by atomic mass is 10.00. The van der Waals surface area contributed by atoms with Gasteiger partial charge in [0.15, 0.2) is 12.2 Å². The third-order valence-corrected chi connectivity index (χ3v) is 19.5. The molecule has 3 N–H and O–H groups in total. The van der Waals surface area contributed by atoms with E-state index >= 15 is 0 Å². The number of unbranched alkanes of at least 4 members (excludes halogenated alkanes) is 42. The molecule has 19 heteroatoms. The number of phosphoric ester groups is 2. The van der Waals surface area contributed by atoms with Crippen molar-refractivity contribution in [3.63, 3.8) is 0 Å². The Bertz CT molecular complexity index is 1810. The van der Waals surface area contributed by atoms with Gasteiger partial charge in [-0.05, 0) is 37.5 Å². The molecule has 0 rings (SSSR count). The first-order chi connectivity index (χ1) is 44.9. The van der Waals surface area contributed by atoms with Gasteiger partial charge in [0, 0.05) is 25.7 Å². The Hall–Kier alpha value is -1.94. The molecule has 0 radical (unpaired) electrons. The standard InChI is InChI=1S/C74H144O17P2/c1-7-10-12-14-16-18-20-21-27-30-34-38-45-51-57-72(77)84-62-69(90-73(78)58-52-46-39-35-31-28-25-23-22-24-26-29-32-36-42-48-54-66(4)5)64-88-92(80,81)86-60-68(75)61-87-93(82,83)89-65-70(91-74(79)59-53-47-41-40-43-49-55-67(6)9-3)63-85-71(76)56-50-44-37-33-19-17-15-13-11-8-2/h66-70,75H,7-65H2,1-6H3,(H,80,81)(H,82,83)/t67?,68-,69-,70-/m1/s1. The Labute approximate surface area is 568 Å². The van der Waals surface area contributed by atoms with Crippen LogP contribution in [0.5, 0.6) is 0 Å². The van der Waals surface area contributed by atoms with Crippen molar-refractivity contribution in [3.8, 4) is 0 Å². The molecular formula is C74H144O17P2. The topological polar surface area (TPSA) is 237 Å². The molecule has 0 aliphatic heterocycles. The smallest absolute Gasteiger partial charge is 0.462 e. The van der Waals surface area contributed by atoms with E-state index in [1.54, 1.807) is 0 Å². The summed E-state index contributed by atoms with van der Waals surface area (Å²) in [5.74, 6) is -0.591. The quantitative estimate of drug-likeness (QED) is 0.0222. The zero-order valence-electron chi connectivity index (χ0n) is 60.6. The highest BCUT2D eigenvalue weighted by Gasteiger charge is 2.30. The lowest BCUT2D eigenvalue weighted by molar-refractivity contribution is -0.161. The van der Waals surface area contributed by atoms with Crippen LogP contribution < -0.4 is 0 Å². The minimum Gasteiger partial charge on any atom is -0.462 e. The Balaban J connectivity index is 5.22. The summed E-state index contributed by atoms with van der Waals surface area (Å²) >= 11 is 0. The molecule has 0 fully saturated rings. The average molecular weight is 1370 g/mol. The van der Waals surface area contributed by atoms with Crippen molar-refractivity contribution in [2.45, 2.75) is 400 Å². The summed E-state index contributed by atoms with van der Waals surface area (Å²) in [7, 11) is -9.90. The van der Waals surface area contributed by atoms with Crippen LogP contribution in [0.15, 0.2) is 0 Å². The van der Waals surface area contributed by atoms with Gasteiger partial charge < -0.3 is 33.8 Å². The average Bonchev–Trinajstić information content (AvgIpc) is 3.62. The van der Waals surface area contributed by atoms with Crippen molar-refractivity contribution in [1.29, 1.82) is 0 Å². The number of hydrogen-bond donors (Lipinski definition) is 3. The molecule has 0 aliphatic carbocycles. The molecule has 0 amide bonds. The molecule has 0 bridgehead atoms. The first-order valence-corrected chi connectivity index (χ1v) is 41.5. The molecule has 0 heterocycles. The van der Waals surface area contributed by atoms with E-state index in [0.29, 0.717) is 25.7 Å². The van der Waals surface area contributed by atoms with Gasteiger partial charge in [-0.3, -0.25) is 37.3 Å². The molecule has 0 spiro atoms. The molecule has 552 valence electrons. The second-order valence-electron chi connectivity index (χ2n) is 27.4. The minimum atomic E-state index is -4.96. The maximum Gasteiger partial charge on any atom is 0.472 e. The molecule has 0 aromatic heterocycles. The van der Waals surface area contributed by atoms with Crippen molar-refractivity contribution in [1.82, 2.24) is 0 Å². The van der Waals surface area contributed by atoms with Gasteiger partial charge in [0.2, 0.25) is 0 Å². The third-order valence-electron chi connectivity index (χ3n) is 17.6. The zero-order chi connectivity index (χ0) is 68.6. The highest BCUT2D eigenvalue weighted by atomic mass is 31.2.